The Morgan fingerprint density at radius 3 is 3.13 bits per heavy atom. The lowest BCUT2D eigenvalue weighted by atomic mass is 9.79. The van der Waals surface area contributed by atoms with Crippen molar-refractivity contribution in [2.24, 2.45) is 4.99 Å². The van der Waals surface area contributed by atoms with Crippen LogP contribution in [0.1, 0.15) is 24.8 Å². The first-order chi connectivity index (χ1) is 14.4. The second-order valence-corrected chi connectivity index (χ2v) is 8.62. The summed E-state index contributed by atoms with van der Waals surface area (Å²) in [4.78, 5) is 8.46. The van der Waals surface area contributed by atoms with Gasteiger partial charge < -0.3 is 29.7 Å². The van der Waals surface area contributed by atoms with Crippen LogP contribution >= 0.6 is 11.6 Å². The van der Waals surface area contributed by atoms with Gasteiger partial charge in [0.15, 0.2) is 0 Å². The Morgan fingerprint density at radius 2 is 2.33 bits per heavy atom. The van der Waals surface area contributed by atoms with Crippen molar-refractivity contribution in [3.63, 3.8) is 0 Å². The minimum Gasteiger partial charge on any atom is -0.462 e. The number of aliphatic imine (C=N–C) groups is 1. The molecule has 2 saturated heterocycles. The van der Waals surface area contributed by atoms with E-state index in [1.165, 1.54) is 6.07 Å². The molecule has 0 aromatic heterocycles. The van der Waals surface area contributed by atoms with Gasteiger partial charge in [0, 0.05) is 25.5 Å². The van der Waals surface area contributed by atoms with E-state index < -0.39 is 13.3 Å². The number of amidine groups is 1. The Balaban J connectivity index is 1.47. The van der Waals surface area contributed by atoms with Crippen LogP contribution in [0.25, 0.3) is 0 Å². The molecule has 4 aliphatic heterocycles. The van der Waals surface area contributed by atoms with Crippen LogP contribution in [0.5, 0.6) is 5.75 Å². The van der Waals surface area contributed by atoms with Gasteiger partial charge >= 0.3 is 13.1 Å². The van der Waals surface area contributed by atoms with Crippen molar-refractivity contribution in [2.45, 2.75) is 31.0 Å². The molecule has 4 aliphatic rings. The number of rotatable bonds is 4. The van der Waals surface area contributed by atoms with E-state index in [0.29, 0.717) is 42.4 Å². The molecule has 0 bridgehead atoms. The number of benzene rings is 1. The molecular weight excluding hydrogens is 413 g/mol. The van der Waals surface area contributed by atoms with E-state index in [2.05, 4.69) is 15.2 Å². The third kappa shape index (κ3) is 3.13. The molecule has 160 valence electrons. The summed E-state index contributed by atoms with van der Waals surface area (Å²) in [5.74, 6) is 1.22. The first-order valence-electron chi connectivity index (χ1n) is 10.0. The summed E-state index contributed by atoms with van der Waals surface area (Å²) in [5.41, 5.74) is 0.972. The SMILES string of the molecule is CN1C=C(OC[C@@]23CCCN2C[C@H](F)C3)Oc2cc(B(O)O)c(Cl)c3c2C1=NCN3. The van der Waals surface area contributed by atoms with Crippen molar-refractivity contribution in [2.75, 3.05) is 38.7 Å². The van der Waals surface area contributed by atoms with Crippen LogP contribution in [-0.2, 0) is 4.74 Å². The number of nitrogens with one attached hydrogen (secondary N) is 1. The monoisotopic (exact) mass is 436 g/mol. The fourth-order valence-electron chi connectivity index (χ4n) is 4.95. The maximum Gasteiger partial charge on any atom is 0.490 e. The molecule has 30 heavy (non-hydrogen) atoms. The van der Waals surface area contributed by atoms with Gasteiger partial charge in [0.05, 0.1) is 28.0 Å². The zero-order chi connectivity index (χ0) is 21.0. The molecule has 0 saturated carbocycles. The smallest absolute Gasteiger partial charge is 0.462 e. The molecule has 3 N–H and O–H groups in total. The molecule has 11 heteroatoms. The minimum atomic E-state index is -1.76. The van der Waals surface area contributed by atoms with Crippen LogP contribution in [-0.4, -0.2) is 77.9 Å². The lowest BCUT2D eigenvalue weighted by molar-refractivity contribution is 0.0274. The molecule has 5 rings (SSSR count). The van der Waals surface area contributed by atoms with E-state index >= 15 is 0 Å². The largest absolute Gasteiger partial charge is 0.490 e. The summed E-state index contributed by atoms with van der Waals surface area (Å²) in [7, 11) is 0.0678. The molecule has 0 amide bonds. The van der Waals surface area contributed by atoms with E-state index in [-0.39, 0.29) is 28.6 Å². The Labute approximate surface area is 179 Å². The van der Waals surface area contributed by atoms with Crippen molar-refractivity contribution >= 4 is 35.7 Å². The van der Waals surface area contributed by atoms with Crippen LogP contribution < -0.4 is 15.5 Å². The van der Waals surface area contributed by atoms with Crippen molar-refractivity contribution in [1.82, 2.24) is 9.80 Å². The molecular formula is C19H23BClFN4O4. The third-order valence-corrected chi connectivity index (χ3v) is 6.74. The number of fused-ring (bicyclic) bond motifs is 1. The van der Waals surface area contributed by atoms with Gasteiger partial charge in [-0.2, -0.15) is 0 Å². The molecule has 4 heterocycles. The number of alkyl halides is 1. The van der Waals surface area contributed by atoms with Gasteiger partial charge in [0.2, 0.25) is 0 Å². The third-order valence-electron chi connectivity index (χ3n) is 6.33. The zero-order valence-corrected chi connectivity index (χ0v) is 17.3. The second-order valence-electron chi connectivity index (χ2n) is 8.24. The Morgan fingerprint density at radius 1 is 1.50 bits per heavy atom. The second kappa shape index (κ2) is 7.30. The van der Waals surface area contributed by atoms with E-state index in [1.807, 2.05) is 7.05 Å². The molecule has 1 aromatic carbocycles. The van der Waals surface area contributed by atoms with E-state index in [4.69, 9.17) is 21.1 Å². The Hall–Kier alpha value is -2.01. The molecule has 0 spiro atoms. The summed E-state index contributed by atoms with van der Waals surface area (Å²) >= 11 is 6.40. The minimum absolute atomic E-state index is 0.125. The van der Waals surface area contributed by atoms with Crippen LogP contribution in [0.4, 0.5) is 10.1 Å². The Kier molecular flexibility index (Phi) is 4.85. The summed E-state index contributed by atoms with van der Waals surface area (Å²) in [6.45, 7) is 1.95. The summed E-state index contributed by atoms with van der Waals surface area (Å²) in [6.07, 6.45) is 3.24. The summed E-state index contributed by atoms with van der Waals surface area (Å²) in [6, 6.07) is 1.48. The molecule has 2 fully saturated rings. The summed E-state index contributed by atoms with van der Waals surface area (Å²) < 4.78 is 26.2. The van der Waals surface area contributed by atoms with Crippen LogP contribution in [0.2, 0.25) is 5.02 Å². The topological polar surface area (TPSA) is 89.8 Å². The fourth-order valence-corrected chi connectivity index (χ4v) is 5.26. The average Bonchev–Trinajstić information content (AvgIpc) is 3.18. The summed E-state index contributed by atoms with van der Waals surface area (Å²) in [5, 5.41) is 22.7. The van der Waals surface area contributed by atoms with Gasteiger partial charge in [0.25, 0.3) is 0 Å². The first-order valence-corrected chi connectivity index (χ1v) is 10.4. The van der Waals surface area contributed by atoms with Gasteiger partial charge in [-0.05, 0) is 25.5 Å². The standard InChI is InChI=1S/C19H23BClFN4O4/c1-25-8-14(29-9-19-3-2-4-26(19)7-11(22)6-19)30-13-5-12(20(27)28)16(21)17-15(13)18(25)24-10-23-17/h5,8,11,23,27-28H,2-4,6-7,9-10H2,1H3/t11-,19+/m1/s1. The lowest BCUT2D eigenvalue weighted by Gasteiger charge is -2.31. The van der Waals surface area contributed by atoms with E-state index in [9.17, 15) is 14.4 Å². The molecule has 8 nitrogen and oxygen atoms in total. The van der Waals surface area contributed by atoms with Gasteiger partial charge in [-0.1, -0.05) is 11.6 Å². The average molecular weight is 437 g/mol. The molecule has 0 unspecified atom stereocenters. The first kappa shape index (κ1) is 19.9. The van der Waals surface area contributed by atoms with E-state index in [0.717, 1.165) is 19.4 Å². The molecule has 2 atom stereocenters. The maximum atomic E-state index is 14.1. The van der Waals surface area contributed by atoms with Crippen molar-refractivity contribution in [3.8, 4) is 5.75 Å². The number of ether oxygens (including phenoxy) is 2. The highest BCUT2D eigenvalue weighted by Crippen LogP contribution is 2.42. The lowest BCUT2D eigenvalue weighted by Crippen LogP contribution is -2.42. The molecule has 0 radical (unpaired) electrons. The van der Waals surface area contributed by atoms with Gasteiger partial charge in [-0.15, -0.1) is 0 Å². The quantitative estimate of drug-likeness (QED) is 0.603. The predicted molar refractivity (Wildman–Crippen MR) is 112 cm³/mol. The molecule has 1 aromatic rings. The number of anilines is 1. The molecule has 0 aliphatic carbocycles. The number of halogens is 2. The van der Waals surface area contributed by atoms with Crippen molar-refractivity contribution < 1.29 is 23.9 Å². The van der Waals surface area contributed by atoms with Gasteiger partial charge in [0.1, 0.15) is 31.0 Å². The predicted octanol–water partition coefficient (Wildman–Crippen LogP) is 0.865. The van der Waals surface area contributed by atoms with Crippen LogP contribution in [0.3, 0.4) is 0 Å². The maximum absolute atomic E-state index is 14.1. The number of hydrogen-bond donors (Lipinski definition) is 3. The van der Waals surface area contributed by atoms with Gasteiger partial charge in [-0.3, -0.25) is 4.90 Å². The zero-order valence-electron chi connectivity index (χ0n) is 16.6. The fraction of sp³-hybridized carbons (Fsp3) is 0.526. The van der Waals surface area contributed by atoms with Crippen LogP contribution in [0.15, 0.2) is 23.2 Å². The number of nitrogens with zero attached hydrogens (tertiary/aromatic N) is 3. The van der Waals surface area contributed by atoms with Crippen LogP contribution in [0, 0.1) is 0 Å². The number of hydrogen-bond acceptors (Lipinski definition) is 8. The van der Waals surface area contributed by atoms with Crippen molar-refractivity contribution in [3.05, 3.63) is 28.8 Å². The van der Waals surface area contributed by atoms with Gasteiger partial charge in [-0.25, -0.2) is 9.38 Å². The Bertz CT molecular complexity index is 946. The highest BCUT2D eigenvalue weighted by atomic mass is 35.5. The normalized spacial score (nSPS) is 27.4. The highest BCUT2D eigenvalue weighted by molar-refractivity contribution is 6.63. The van der Waals surface area contributed by atoms with E-state index in [1.54, 1.807) is 11.1 Å². The van der Waals surface area contributed by atoms with Crippen molar-refractivity contribution in [1.29, 1.82) is 0 Å². The highest BCUT2D eigenvalue weighted by Gasteiger charge is 2.49.